The highest BCUT2D eigenvalue weighted by atomic mass is 16.5. The van der Waals surface area contributed by atoms with Gasteiger partial charge in [0.05, 0.1) is 7.11 Å². The zero-order valence-electron chi connectivity index (χ0n) is 12.7. The van der Waals surface area contributed by atoms with Crippen molar-refractivity contribution in [1.82, 2.24) is 10.3 Å². The van der Waals surface area contributed by atoms with Gasteiger partial charge in [0.25, 0.3) is 0 Å². The van der Waals surface area contributed by atoms with Crippen molar-refractivity contribution >= 4 is 11.8 Å². The van der Waals surface area contributed by atoms with Crippen LogP contribution in [0.4, 0.5) is 10.6 Å². The van der Waals surface area contributed by atoms with E-state index in [1.54, 1.807) is 13.2 Å². The van der Waals surface area contributed by atoms with Crippen LogP contribution in [0.25, 0.3) is 0 Å². The number of benzene rings is 1. The van der Waals surface area contributed by atoms with Gasteiger partial charge in [-0.2, -0.15) is 0 Å². The number of hydrogen-bond donors (Lipinski definition) is 2. The first-order valence-electron chi connectivity index (χ1n) is 7.31. The minimum absolute atomic E-state index is 0.263. The molecule has 1 aliphatic rings. The van der Waals surface area contributed by atoms with E-state index in [0.29, 0.717) is 24.0 Å². The topological polar surface area (TPSA) is 63.2 Å². The van der Waals surface area contributed by atoms with Crippen LogP contribution in [0.3, 0.4) is 0 Å². The molecule has 0 fully saturated rings. The largest absolute Gasteiger partial charge is 0.493 e. The number of pyridine rings is 1. The molecule has 1 aliphatic carbocycles. The Balaban J connectivity index is 1.57. The third-order valence-electron chi connectivity index (χ3n) is 3.92. The number of fused-ring (bicyclic) bond motifs is 1. The average molecular weight is 297 g/mol. The van der Waals surface area contributed by atoms with E-state index in [2.05, 4.69) is 27.8 Å². The van der Waals surface area contributed by atoms with Crippen LogP contribution in [-0.2, 0) is 6.42 Å². The number of rotatable bonds is 4. The first kappa shape index (κ1) is 14.4. The molecule has 1 unspecified atom stereocenters. The molecular formula is C17H19N3O2. The third-order valence-corrected chi connectivity index (χ3v) is 3.92. The number of hydrogen-bond acceptors (Lipinski definition) is 3. The van der Waals surface area contributed by atoms with E-state index >= 15 is 0 Å². The van der Waals surface area contributed by atoms with Gasteiger partial charge < -0.3 is 10.1 Å². The predicted molar refractivity (Wildman–Crippen MR) is 85.4 cm³/mol. The summed E-state index contributed by atoms with van der Waals surface area (Å²) in [6.07, 6.45) is 1.02. The number of aromatic nitrogens is 1. The van der Waals surface area contributed by atoms with Crippen molar-refractivity contribution in [2.75, 3.05) is 19.0 Å². The highest BCUT2D eigenvalue weighted by molar-refractivity contribution is 5.89. The van der Waals surface area contributed by atoms with Crippen LogP contribution < -0.4 is 15.4 Å². The standard InChI is InChI=1S/C17H19N3O2/c1-11-7-8-15(22-2)16(19-11)20-17(21)18-10-13-9-12-5-3-4-6-14(12)13/h3-8,13H,9-10H2,1-2H3,(H2,18,19,20,21). The fourth-order valence-corrected chi connectivity index (χ4v) is 2.71. The summed E-state index contributed by atoms with van der Waals surface area (Å²) in [5.74, 6) is 1.39. The molecule has 0 spiro atoms. The minimum atomic E-state index is -0.263. The number of methoxy groups -OCH3 is 1. The van der Waals surface area contributed by atoms with Gasteiger partial charge in [0.1, 0.15) is 0 Å². The zero-order chi connectivity index (χ0) is 15.5. The van der Waals surface area contributed by atoms with E-state index in [4.69, 9.17) is 4.74 Å². The predicted octanol–water partition coefficient (Wildman–Crippen LogP) is 2.86. The molecule has 0 bridgehead atoms. The highest BCUT2D eigenvalue weighted by Gasteiger charge is 2.25. The van der Waals surface area contributed by atoms with E-state index in [0.717, 1.165) is 12.1 Å². The molecule has 114 valence electrons. The molecule has 2 aromatic rings. The Morgan fingerprint density at radius 1 is 1.32 bits per heavy atom. The van der Waals surface area contributed by atoms with E-state index in [1.165, 1.54) is 11.1 Å². The molecule has 5 heteroatoms. The number of anilines is 1. The van der Waals surface area contributed by atoms with Crippen LogP contribution in [0, 0.1) is 6.92 Å². The fraction of sp³-hybridized carbons (Fsp3) is 0.294. The number of aryl methyl sites for hydroxylation is 1. The first-order valence-corrected chi connectivity index (χ1v) is 7.31. The van der Waals surface area contributed by atoms with Crippen LogP contribution >= 0.6 is 0 Å². The molecule has 22 heavy (non-hydrogen) atoms. The summed E-state index contributed by atoms with van der Waals surface area (Å²) in [7, 11) is 1.56. The van der Waals surface area contributed by atoms with Crippen LogP contribution in [0.2, 0.25) is 0 Å². The number of carbonyl (C=O) groups excluding carboxylic acids is 1. The SMILES string of the molecule is COc1ccc(C)nc1NC(=O)NCC1Cc2ccccc21. The van der Waals surface area contributed by atoms with Crippen LogP contribution in [-0.4, -0.2) is 24.7 Å². The Bertz CT molecular complexity index is 700. The van der Waals surface area contributed by atoms with Crippen LogP contribution in [0.1, 0.15) is 22.7 Å². The second kappa shape index (κ2) is 6.05. The lowest BCUT2D eigenvalue weighted by atomic mass is 9.78. The van der Waals surface area contributed by atoms with Gasteiger partial charge in [-0.3, -0.25) is 5.32 Å². The smallest absolute Gasteiger partial charge is 0.320 e. The number of urea groups is 1. The second-order valence-electron chi connectivity index (χ2n) is 5.44. The fourth-order valence-electron chi connectivity index (χ4n) is 2.71. The molecular weight excluding hydrogens is 278 g/mol. The van der Waals surface area contributed by atoms with Crippen molar-refractivity contribution in [1.29, 1.82) is 0 Å². The summed E-state index contributed by atoms with van der Waals surface area (Å²) in [6.45, 7) is 2.49. The molecule has 0 saturated heterocycles. The van der Waals surface area contributed by atoms with Crippen molar-refractivity contribution in [3.05, 3.63) is 53.2 Å². The molecule has 5 nitrogen and oxygen atoms in total. The first-order chi connectivity index (χ1) is 10.7. The molecule has 1 aromatic carbocycles. The summed E-state index contributed by atoms with van der Waals surface area (Å²) in [4.78, 5) is 16.3. The number of ether oxygens (including phenoxy) is 1. The minimum Gasteiger partial charge on any atom is -0.493 e. The lowest BCUT2D eigenvalue weighted by molar-refractivity contribution is 0.251. The monoisotopic (exact) mass is 297 g/mol. The third kappa shape index (κ3) is 2.88. The van der Waals surface area contributed by atoms with Crippen molar-refractivity contribution in [3.8, 4) is 5.75 Å². The number of nitrogens with one attached hydrogen (secondary N) is 2. The summed E-state index contributed by atoms with van der Waals surface area (Å²) in [5, 5.41) is 5.64. The highest BCUT2D eigenvalue weighted by Crippen LogP contribution is 2.34. The number of carbonyl (C=O) groups is 1. The quantitative estimate of drug-likeness (QED) is 0.912. The summed E-state index contributed by atoms with van der Waals surface area (Å²) < 4.78 is 5.20. The molecule has 1 atom stereocenters. The van der Waals surface area contributed by atoms with Crippen molar-refractivity contribution < 1.29 is 9.53 Å². The van der Waals surface area contributed by atoms with Gasteiger partial charge in [-0.05, 0) is 36.6 Å². The Morgan fingerprint density at radius 3 is 2.91 bits per heavy atom. The van der Waals surface area contributed by atoms with Gasteiger partial charge in [-0.1, -0.05) is 24.3 Å². The summed E-state index contributed by atoms with van der Waals surface area (Å²) >= 11 is 0. The van der Waals surface area contributed by atoms with Gasteiger partial charge in [-0.15, -0.1) is 0 Å². The van der Waals surface area contributed by atoms with E-state index in [-0.39, 0.29) is 6.03 Å². The van der Waals surface area contributed by atoms with E-state index in [1.807, 2.05) is 25.1 Å². The molecule has 2 N–H and O–H groups in total. The van der Waals surface area contributed by atoms with Crippen LogP contribution in [0.5, 0.6) is 5.75 Å². The molecule has 0 aliphatic heterocycles. The van der Waals surface area contributed by atoms with Gasteiger partial charge in [0.15, 0.2) is 11.6 Å². The summed E-state index contributed by atoms with van der Waals surface area (Å²) in [6, 6.07) is 11.7. The van der Waals surface area contributed by atoms with E-state index in [9.17, 15) is 4.79 Å². The molecule has 3 rings (SSSR count). The number of amides is 2. The van der Waals surface area contributed by atoms with Crippen molar-refractivity contribution in [2.45, 2.75) is 19.3 Å². The van der Waals surface area contributed by atoms with Gasteiger partial charge in [0.2, 0.25) is 0 Å². The van der Waals surface area contributed by atoms with E-state index < -0.39 is 0 Å². The Hall–Kier alpha value is -2.56. The van der Waals surface area contributed by atoms with Crippen molar-refractivity contribution in [2.24, 2.45) is 0 Å². The maximum atomic E-state index is 12.0. The van der Waals surface area contributed by atoms with Crippen molar-refractivity contribution in [3.63, 3.8) is 0 Å². The maximum absolute atomic E-state index is 12.0. The Labute approximate surface area is 129 Å². The Morgan fingerprint density at radius 2 is 2.14 bits per heavy atom. The number of nitrogens with zero attached hydrogens (tertiary/aromatic N) is 1. The summed E-state index contributed by atoms with van der Waals surface area (Å²) in [5.41, 5.74) is 3.52. The second-order valence-corrected chi connectivity index (χ2v) is 5.44. The molecule has 1 aromatic heterocycles. The normalized spacial score (nSPS) is 15.5. The molecule has 0 saturated carbocycles. The Kier molecular flexibility index (Phi) is 3.96. The lowest BCUT2D eigenvalue weighted by Gasteiger charge is -2.30. The molecule has 2 amide bonds. The average Bonchev–Trinajstić information content (AvgIpc) is 2.48. The van der Waals surface area contributed by atoms with Gasteiger partial charge >= 0.3 is 6.03 Å². The maximum Gasteiger partial charge on any atom is 0.320 e. The molecule has 1 heterocycles. The lowest BCUT2D eigenvalue weighted by Crippen LogP contribution is -2.36. The van der Waals surface area contributed by atoms with Gasteiger partial charge in [0, 0.05) is 18.2 Å². The zero-order valence-corrected chi connectivity index (χ0v) is 12.7. The molecule has 0 radical (unpaired) electrons. The van der Waals surface area contributed by atoms with Gasteiger partial charge in [-0.25, -0.2) is 9.78 Å². The van der Waals surface area contributed by atoms with Crippen LogP contribution in [0.15, 0.2) is 36.4 Å².